The van der Waals surface area contributed by atoms with Gasteiger partial charge in [0.1, 0.15) is 5.82 Å². The summed E-state index contributed by atoms with van der Waals surface area (Å²) in [5.41, 5.74) is 9.46. The van der Waals surface area contributed by atoms with Crippen molar-refractivity contribution in [3.8, 4) is 5.69 Å². The standard InChI is InChI=1S/C32H42FN5O5/c1-32(2)15-25-29(27(39)16-32)22-17-43-18-26(22)38(25)21-13-23(33)30(31(34)41)24(14-21)35-19-3-5-20(6-4-19)36-28(40)7-8-37-9-11-42-12-10-37/h13-14,19-20,35H,3-12,15-18H2,1-2H3,(H2,34,41)(H,36,40). The summed E-state index contributed by atoms with van der Waals surface area (Å²) >= 11 is 0. The number of amides is 2. The predicted molar refractivity (Wildman–Crippen MR) is 159 cm³/mol. The van der Waals surface area contributed by atoms with E-state index in [0.29, 0.717) is 62.6 Å². The number of ketones is 1. The number of nitrogens with zero attached hydrogens (tertiary/aromatic N) is 2. The van der Waals surface area contributed by atoms with Crippen molar-refractivity contribution >= 4 is 23.3 Å². The summed E-state index contributed by atoms with van der Waals surface area (Å²) in [6.45, 7) is 8.71. The summed E-state index contributed by atoms with van der Waals surface area (Å²) in [4.78, 5) is 40.4. The lowest BCUT2D eigenvalue weighted by Crippen LogP contribution is -2.42. The van der Waals surface area contributed by atoms with Gasteiger partial charge in [0.05, 0.1) is 49.1 Å². The first kappa shape index (κ1) is 29.8. The number of benzene rings is 1. The van der Waals surface area contributed by atoms with E-state index < -0.39 is 11.7 Å². The molecule has 11 heteroatoms. The van der Waals surface area contributed by atoms with E-state index in [1.807, 2.05) is 4.57 Å². The quantitative estimate of drug-likeness (QED) is 0.427. The third kappa shape index (κ3) is 6.21. The number of hydrogen-bond acceptors (Lipinski definition) is 7. The number of nitrogens with two attached hydrogens (primary N) is 1. The first-order chi connectivity index (χ1) is 20.6. The fourth-order valence-electron chi connectivity index (χ4n) is 7.20. The summed E-state index contributed by atoms with van der Waals surface area (Å²) in [5, 5.41) is 6.58. The molecule has 43 heavy (non-hydrogen) atoms. The molecular formula is C32H42FN5O5. The first-order valence-corrected chi connectivity index (χ1v) is 15.5. The first-order valence-electron chi connectivity index (χ1n) is 15.5. The van der Waals surface area contributed by atoms with E-state index in [1.54, 1.807) is 6.07 Å². The molecule has 10 nitrogen and oxygen atoms in total. The van der Waals surface area contributed by atoms with Gasteiger partial charge < -0.3 is 30.4 Å². The Morgan fingerprint density at radius 1 is 1.02 bits per heavy atom. The SMILES string of the molecule is CC1(C)CC(=O)c2c3c(n(-c4cc(F)c(C(N)=O)c(NC5CCC(NC(=O)CCN6CCOCC6)CC5)c4)c2C1)COC3. The number of hydrogen-bond donors (Lipinski definition) is 3. The summed E-state index contributed by atoms with van der Waals surface area (Å²) < 4.78 is 28.7. The van der Waals surface area contributed by atoms with E-state index in [2.05, 4.69) is 29.4 Å². The molecule has 2 fully saturated rings. The molecule has 232 valence electrons. The maximum Gasteiger partial charge on any atom is 0.253 e. The summed E-state index contributed by atoms with van der Waals surface area (Å²) in [6.07, 6.45) is 4.66. The minimum Gasteiger partial charge on any atom is -0.382 e. The maximum absolute atomic E-state index is 15.6. The smallest absolute Gasteiger partial charge is 0.253 e. The fourth-order valence-corrected chi connectivity index (χ4v) is 7.20. The Kier molecular flexibility index (Phi) is 8.32. The zero-order chi connectivity index (χ0) is 30.3. The molecule has 1 saturated heterocycles. The van der Waals surface area contributed by atoms with Crippen LogP contribution in [0.2, 0.25) is 0 Å². The van der Waals surface area contributed by atoms with Crippen LogP contribution in [0.15, 0.2) is 12.1 Å². The molecule has 4 aliphatic rings. The number of ether oxygens (including phenoxy) is 2. The van der Waals surface area contributed by atoms with Crippen LogP contribution in [-0.2, 0) is 33.9 Å². The molecule has 0 bridgehead atoms. The normalized spacial score (nSPS) is 23.5. The molecule has 6 rings (SSSR count). The van der Waals surface area contributed by atoms with E-state index in [1.165, 1.54) is 6.07 Å². The number of nitrogens with one attached hydrogen (secondary N) is 2. The second-order valence-electron chi connectivity index (χ2n) is 13.2. The largest absolute Gasteiger partial charge is 0.382 e. The molecule has 1 aromatic heterocycles. The average Bonchev–Trinajstić information content (AvgIpc) is 3.52. The monoisotopic (exact) mass is 595 g/mol. The lowest BCUT2D eigenvalue weighted by atomic mass is 9.75. The maximum atomic E-state index is 15.6. The lowest BCUT2D eigenvalue weighted by Gasteiger charge is -2.32. The zero-order valence-corrected chi connectivity index (χ0v) is 25.1. The Labute approximate surface area is 251 Å². The van der Waals surface area contributed by atoms with E-state index in [-0.39, 0.29) is 34.8 Å². The van der Waals surface area contributed by atoms with Crippen LogP contribution in [0.3, 0.4) is 0 Å². The Bertz CT molecular complexity index is 1420. The van der Waals surface area contributed by atoms with Crippen LogP contribution in [0.4, 0.5) is 10.1 Å². The van der Waals surface area contributed by atoms with Gasteiger partial charge in [-0.15, -0.1) is 0 Å². The number of carbonyl (C=O) groups excluding carboxylic acids is 3. The van der Waals surface area contributed by atoms with Crippen LogP contribution in [-0.4, -0.2) is 72.0 Å². The van der Waals surface area contributed by atoms with Crippen LogP contribution in [0, 0.1) is 11.2 Å². The molecule has 1 aromatic carbocycles. The highest BCUT2D eigenvalue weighted by molar-refractivity contribution is 6.01. The van der Waals surface area contributed by atoms with Gasteiger partial charge in [-0.25, -0.2) is 4.39 Å². The highest BCUT2D eigenvalue weighted by Gasteiger charge is 2.39. The zero-order valence-electron chi connectivity index (χ0n) is 25.1. The minimum atomic E-state index is -0.841. The number of anilines is 1. The predicted octanol–water partition coefficient (Wildman–Crippen LogP) is 3.46. The molecule has 2 aromatic rings. The number of halogens is 1. The number of carbonyl (C=O) groups is 3. The summed E-state index contributed by atoms with van der Waals surface area (Å²) in [6, 6.07) is 3.18. The Morgan fingerprint density at radius 3 is 2.47 bits per heavy atom. The molecule has 0 spiro atoms. The van der Waals surface area contributed by atoms with Crippen molar-refractivity contribution in [3.63, 3.8) is 0 Å². The van der Waals surface area contributed by atoms with Gasteiger partial charge >= 0.3 is 0 Å². The van der Waals surface area contributed by atoms with Gasteiger partial charge in [0.2, 0.25) is 5.91 Å². The third-order valence-corrected chi connectivity index (χ3v) is 9.32. The van der Waals surface area contributed by atoms with E-state index >= 15 is 4.39 Å². The van der Waals surface area contributed by atoms with Gasteiger partial charge in [-0.1, -0.05) is 13.8 Å². The Hall–Kier alpha value is -3.28. The molecule has 3 heterocycles. The van der Waals surface area contributed by atoms with Gasteiger partial charge in [-0.05, 0) is 49.7 Å². The molecule has 0 radical (unpaired) electrons. The van der Waals surface area contributed by atoms with Gasteiger partial charge in [0, 0.05) is 61.4 Å². The number of morpholine rings is 1. The molecule has 2 aliphatic carbocycles. The number of rotatable bonds is 8. The van der Waals surface area contributed by atoms with Crippen LogP contribution in [0.25, 0.3) is 5.69 Å². The van der Waals surface area contributed by atoms with E-state index in [4.69, 9.17) is 15.2 Å². The molecule has 0 atom stereocenters. The Morgan fingerprint density at radius 2 is 1.74 bits per heavy atom. The van der Waals surface area contributed by atoms with Crippen LogP contribution < -0.4 is 16.4 Å². The minimum absolute atomic E-state index is 0.0117. The van der Waals surface area contributed by atoms with Crippen molar-refractivity contribution < 1.29 is 28.2 Å². The fraction of sp³-hybridized carbons (Fsp3) is 0.594. The van der Waals surface area contributed by atoms with Gasteiger partial charge in [0.15, 0.2) is 5.78 Å². The second kappa shape index (κ2) is 12.0. The Balaban J connectivity index is 1.18. The van der Waals surface area contributed by atoms with Crippen molar-refractivity contribution in [2.45, 2.75) is 84.1 Å². The van der Waals surface area contributed by atoms with Gasteiger partial charge in [0.25, 0.3) is 5.91 Å². The number of fused-ring (bicyclic) bond motifs is 3. The van der Waals surface area contributed by atoms with E-state index in [9.17, 15) is 14.4 Å². The molecular weight excluding hydrogens is 553 g/mol. The number of Topliss-reactive ketones (excluding diaryl/α,β-unsaturated/α-hetero) is 1. The second-order valence-corrected chi connectivity index (χ2v) is 13.2. The van der Waals surface area contributed by atoms with Crippen molar-refractivity contribution in [1.29, 1.82) is 0 Å². The molecule has 1 saturated carbocycles. The van der Waals surface area contributed by atoms with Crippen molar-refractivity contribution in [3.05, 3.63) is 46.0 Å². The van der Waals surface area contributed by atoms with Crippen molar-refractivity contribution in [2.75, 3.05) is 38.2 Å². The van der Waals surface area contributed by atoms with Crippen LogP contribution in [0.1, 0.15) is 90.0 Å². The number of primary amides is 1. The van der Waals surface area contributed by atoms with Crippen LogP contribution >= 0.6 is 0 Å². The number of aromatic nitrogens is 1. The molecule has 4 N–H and O–H groups in total. The van der Waals surface area contributed by atoms with Crippen molar-refractivity contribution in [2.24, 2.45) is 11.1 Å². The van der Waals surface area contributed by atoms with Gasteiger partial charge in [-0.3, -0.25) is 19.3 Å². The molecule has 0 unspecified atom stereocenters. The van der Waals surface area contributed by atoms with Gasteiger partial charge in [-0.2, -0.15) is 0 Å². The highest BCUT2D eigenvalue weighted by atomic mass is 19.1. The summed E-state index contributed by atoms with van der Waals surface area (Å²) in [5.74, 6) is -1.40. The van der Waals surface area contributed by atoms with E-state index in [0.717, 1.165) is 62.3 Å². The topological polar surface area (TPSA) is 128 Å². The molecule has 2 amide bonds. The lowest BCUT2D eigenvalue weighted by molar-refractivity contribution is -0.122. The molecule has 2 aliphatic heterocycles. The highest BCUT2D eigenvalue weighted by Crippen LogP contribution is 2.43. The van der Waals surface area contributed by atoms with Crippen molar-refractivity contribution in [1.82, 2.24) is 14.8 Å². The summed E-state index contributed by atoms with van der Waals surface area (Å²) in [7, 11) is 0. The third-order valence-electron chi connectivity index (χ3n) is 9.32. The average molecular weight is 596 g/mol. The van der Waals surface area contributed by atoms with Crippen LogP contribution in [0.5, 0.6) is 0 Å².